The fourth-order valence-electron chi connectivity index (χ4n) is 6.48. The number of aromatic nitrogens is 2. The van der Waals surface area contributed by atoms with Crippen LogP contribution in [-0.4, -0.2) is 63.5 Å². The van der Waals surface area contributed by atoms with Crippen molar-refractivity contribution in [3.05, 3.63) is 16.6 Å². The number of carbonyl (C=O) groups excluding carboxylic acids is 2. The van der Waals surface area contributed by atoms with Gasteiger partial charge in [0.2, 0.25) is 0 Å². The van der Waals surface area contributed by atoms with Gasteiger partial charge in [0, 0.05) is 36.6 Å². The summed E-state index contributed by atoms with van der Waals surface area (Å²) in [5, 5.41) is 12.3. The molecule has 0 radical (unpaired) electrons. The predicted molar refractivity (Wildman–Crippen MR) is 152 cm³/mol. The van der Waals surface area contributed by atoms with E-state index in [1.54, 1.807) is 11.3 Å². The van der Waals surface area contributed by atoms with Gasteiger partial charge in [-0.25, -0.2) is 4.79 Å². The zero-order valence-corrected chi connectivity index (χ0v) is 24.4. The number of ether oxygens (including phenoxy) is 1. The van der Waals surface area contributed by atoms with Crippen molar-refractivity contribution in [2.75, 3.05) is 13.1 Å². The van der Waals surface area contributed by atoms with Crippen molar-refractivity contribution in [1.82, 2.24) is 25.3 Å². The molecule has 9 heteroatoms. The van der Waals surface area contributed by atoms with Crippen LogP contribution in [0.3, 0.4) is 0 Å². The van der Waals surface area contributed by atoms with E-state index in [2.05, 4.69) is 33.2 Å². The molecule has 3 fully saturated rings. The first-order valence-corrected chi connectivity index (χ1v) is 15.5. The molecule has 0 bridgehead atoms. The molecule has 8 nitrogen and oxygen atoms in total. The normalized spacial score (nSPS) is 24.4. The maximum atomic E-state index is 13.2. The molecular formula is C29H45N5O3S. The molecule has 5 rings (SSSR count). The maximum absolute atomic E-state index is 13.2. The zero-order chi connectivity index (χ0) is 26.9. The molecule has 2 aliphatic carbocycles. The van der Waals surface area contributed by atoms with E-state index < -0.39 is 5.60 Å². The fourth-order valence-corrected chi connectivity index (χ4v) is 7.62. The average Bonchev–Trinajstić information content (AvgIpc) is 3.45. The van der Waals surface area contributed by atoms with Crippen LogP contribution in [0.15, 0.2) is 6.07 Å². The van der Waals surface area contributed by atoms with Crippen molar-refractivity contribution in [3.63, 3.8) is 0 Å². The summed E-state index contributed by atoms with van der Waals surface area (Å²) in [5.41, 5.74) is 0.566. The zero-order valence-electron chi connectivity index (χ0n) is 23.6. The van der Waals surface area contributed by atoms with Crippen LogP contribution in [0.25, 0.3) is 10.2 Å². The number of aryl methyl sites for hydroxylation is 1. The van der Waals surface area contributed by atoms with E-state index >= 15 is 0 Å². The Morgan fingerprint density at radius 1 is 0.921 bits per heavy atom. The lowest BCUT2D eigenvalue weighted by atomic mass is 9.88. The van der Waals surface area contributed by atoms with Gasteiger partial charge in [-0.15, -0.1) is 11.3 Å². The largest absolute Gasteiger partial charge is 0.444 e. The monoisotopic (exact) mass is 543 g/mol. The Labute approximate surface area is 230 Å². The molecular weight excluding hydrogens is 498 g/mol. The van der Waals surface area contributed by atoms with E-state index in [0.717, 1.165) is 72.4 Å². The molecule has 210 valence electrons. The van der Waals surface area contributed by atoms with Crippen molar-refractivity contribution < 1.29 is 14.3 Å². The van der Waals surface area contributed by atoms with Gasteiger partial charge in [0.1, 0.15) is 10.4 Å². The SMILES string of the molecule is Cc1nn(C2CCCCC2)c2sc(C(=O)N[C@H]3CC[C@@H](N4CCC(NC(=O)OC(C)(C)C)CC4)CC3)cc12. The number of piperidine rings is 1. The van der Waals surface area contributed by atoms with Crippen LogP contribution in [0.1, 0.15) is 113 Å². The van der Waals surface area contributed by atoms with E-state index in [-0.39, 0.29) is 24.1 Å². The summed E-state index contributed by atoms with van der Waals surface area (Å²) < 4.78 is 7.62. The van der Waals surface area contributed by atoms with Crippen LogP contribution in [0.2, 0.25) is 0 Å². The van der Waals surface area contributed by atoms with Crippen LogP contribution in [0.4, 0.5) is 4.79 Å². The van der Waals surface area contributed by atoms with Gasteiger partial charge in [0.05, 0.1) is 16.6 Å². The molecule has 2 aromatic heterocycles. The standard InChI is InChI=1S/C29H45N5O3S/c1-19-24-18-25(38-27(24)34(32-19)23-8-6-5-7-9-23)26(35)30-20-10-12-22(13-11-20)33-16-14-21(15-17-33)31-28(36)37-29(2,3)4/h18,20-23H,5-17H2,1-4H3,(H,30,35)(H,31,36)/t20-,22+. The number of thiophene rings is 1. The minimum atomic E-state index is -0.467. The molecule has 3 heterocycles. The number of hydrogen-bond donors (Lipinski definition) is 2. The van der Waals surface area contributed by atoms with Crippen molar-refractivity contribution in [2.45, 2.75) is 128 Å². The van der Waals surface area contributed by atoms with Crippen LogP contribution < -0.4 is 10.6 Å². The topological polar surface area (TPSA) is 88.5 Å². The van der Waals surface area contributed by atoms with E-state index in [1.807, 2.05) is 20.8 Å². The van der Waals surface area contributed by atoms with Gasteiger partial charge in [-0.05, 0) is 85.1 Å². The second-order valence-corrected chi connectivity index (χ2v) is 13.6. The van der Waals surface area contributed by atoms with Gasteiger partial charge in [-0.2, -0.15) is 5.10 Å². The first-order chi connectivity index (χ1) is 18.2. The molecule has 0 spiro atoms. The second kappa shape index (κ2) is 11.5. The van der Waals surface area contributed by atoms with Crippen molar-refractivity contribution in [1.29, 1.82) is 0 Å². The highest BCUT2D eigenvalue weighted by atomic mass is 32.1. The smallest absolute Gasteiger partial charge is 0.407 e. The summed E-state index contributed by atoms with van der Waals surface area (Å²) in [7, 11) is 0. The molecule has 2 aromatic rings. The lowest BCUT2D eigenvalue weighted by molar-refractivity contribution is 0.0455. The van der Waals surface area contributed by atoms with Crippen LogP contribution in [-0.2, 0) is 4.74 Å². The first-order valence-electron chi connectivity index (χ1n) is 14.7. The molecule has 2 N–H and O–H groups in total. The first kappa shape index (κ1) is 27.4. The summed E-state index contributed by atoms with van der Waals surface area (Å²) in [5.74, 6) is 0.0678. The summed E-state index contributed by atoms with van der Waals surface area (Å²) in [6.45, 7) is 9.74. The van der Waals surface area contributed by atoms with Gasteiger partial charge in [0.15, 0.2) is 0 Å². The number of nitrogens with zero attached hydrogens (tertiary/aromatic N) is 3. The Morgan fingerprint density at radius 2 is 1.58 bits per heavy atom. The third-order valence-corrected chi connectivity index (χ3v) is 9.63. The summed E-state index contributed by atoms with van der Waals surface area (Å²) in [6.07, 6.45) is 12.1. The number of likely N-dealkylation sites (tertiary alicyclic amines) is 1. The summed E-state index contributed by atoms with van der Waals surface area (Å²) in [6, 6.07) is 3.53. The van der Waals surface area contributed by atoms with Gasteiger partial charge in [0.25, 0.3) is 5.91 Å². The average molecular weight is 544 g/mol. The number of carbonyl (C=O) groups is 2. The number of fused-ring (bicyclic) bond motifs is 1. The highest BCUT2D eigenvalue weighted by molar-refractivity contribution is 7.20. The van der Waals surface area contributed by atoms with Gasteiger partial charge in [-0.3, -0.25) is 9.48 Å². The maximum Gasteiger partial charge on any atom is 0.407 e. The van der Waals surface area contributed by atoms with Crippen LogP contribution in [0.5, 0.6) is 0 Å². The Balaban J connectivity index is 1.08. The van der Waals surface area contributed by atoms with E-state index in [1.165, 1.54) is 32.1 Å². The number of nitrogens with one attached hydrogen (secondary N) is 2. The molecule has 0 atom stereocenters. The minimum Gasteiger partial charge on any atom is -0.444 e. The number of hydrogen-bond acceptors (Lipinski definition) is 6. The van der Waals surface area contributed by atoms with Crippen molar-refractivity contribution in [2.24, 2.45) is 0 Å². The minimum absolute atomic E-state index is 0.0678. The Bertz CT molecular complexity index is 1110. The molecule has 0 aromatic carbocycles. The van der Waals surface area contributed by atoms with Crippen molar-refractivity contribution in [3.8, 4) is 0 Å². The highest BCUT2D eigenvalue weighted by Gasteiger charge is 2.31. The van der Waals surface area contributed by atoms with E-state index in [4.69, 9.17) is 9.84 Å². The predicted octanol–water partition coefficient (Wildman–Crippen LogP) is 5.94. The lowest BCUT2D eigenvalue weighted by Gasteiger charge is -2.41. The molecule has 1 saturated heterocycles. The molecule has 3 aliphatic rings. The molecule has 0 unspecified atom stereocenters. The molecule has 2 amide bonds. The van der Waals surface area contributed by atoms with E-state index in [9.17, 15) is 9.59 Å². The quantitative estimate of drug-likeness (QED) is 0.487. The second-order valence-electron chi connectivity index (χ2n) is 12.6. The Kier molecular flexibility index (Phi) is 8.33. The van der Waals surface area contributed by atoms with E-state index in [0.29, 0.717) is 12.1 Å². The van der Waals surface area contributed by atoms with Gasteiger partial charge >= 0.3 is 6.09 Å². The van der Waals surface area contributed by atoms with Crippen molar-refractivity contribution >= 4 is 33.6 Å². The summed E-state index contributed by atoms with van der Waals surface area (Å²) >= 11 is 1.61. The molecule has 2 saturated carbocycles. The third-order valence-electron chi connectivity index (χ3n) is 8.51. The van der Waals surface area contributed by atoms with Crippen LogP contribution in [0, 0.1) is 6.92 Å². The van der Waals surface area contributed by atoms with Gasteiger partial charge in [-0.1, -0.05) is 19.3 Å². The number of rotatable bonds is 5. The third kappa shape index (κ3) is 6.53. The number of amides is 2. The molecule has 1 aliphatic heterocycles. The Morgan fingerprint density at radius 3 is 2.24 bits per heavy atom. The van der Waals surface area contributed by atoms with Gasteiger partial charge < -0.3 is 20.3 Å². The Hall–Kier alpha value is -2.13. The number of alkyl carbamates (subject to hydrolysis) is 1. The summed E-state index contributed by atoms with van der Waals surface area (Å²) in [4.78, 5) is 29.8. The molecule has 38 heavy (non-hydrogen) atoms. The fraction of sp³-hybridized carbons (Fsp3) is 0.759. The van der Waals surface area contributed by atoms with Crippen LogP contribution >= 0.6 is 11.3 Å². The lowest BCUT2D eigenvalue weighted by Crippen LogP contribution is -2.50. The highest BCUT2D eigenvalue weighted by Crippen LogP contribution is 2.35.